The summed E-state index contributed by atoms with van der Waals surface area (Å²) in [6.45, 7) is 5.83. The van der Waals surface area contributed by atoms with E-state index in [4.69, 9.17) is 0 Å². The molecule has 4 aromatic rings. The molecule has 5 rings (SSSR count). The van der Waals surface area contributed by atoms with E-state index in [1.165, 1.54) is 39.8 Å². The van der Waals surface area contributed by atoms with Gasteiger partial charge in [0.15, 0.2) is 11.0 Å². The number of carbonyl (C=O) groups excluding carboxylic acids is 2. The minimum absolute atomic E-state index is 0.124. The van der Waals surface area contributed by atoms with Crippen LogP contribution >= 0.6 is 11.8 Å². The van der Waals surface area contributed by atoms with Crippen molar-refractivity contribution in [3.63, 3.8) is 0 Å². The SMILES string of the molecule is Cc1cc(-c2ncn(-c3ccc(S(=O)(=O)C(F)(F)F)cc3)n2)ccc1NC(=O)N=C1SCC(=O)N1c1cc(N(C)C)ccc1C(C)C. The smallest absolute Gasteiger partial charge is 0.378 e. The lowest BCUT2D eigenvalue weighted by molar-refractivity contribution is -0.115. The van der Waals surface area contributed by atoms with Crippen LogP contribution in [-0.2, 0) is 14.6 Å². The zero-order valence-electron chi connectivity index (χ0n) is 25.9. The van der Waals surface area contributed by atoms with Crippen molar-refractivity contribution in [3.8, 4) is 17.1 Å². The average molecular weight is 686 g/mol. The number of benzene rings is 3. The van der Waals surface area contributed by atoms with Gasteiger partial charge >= 0.3 is 11.5 Å². The maximum absolute atomic E-state index is 13.1. The molecule has 2 heterocycles. The Hall–Kier alpha value is -4.70. The van der Waals surface area contributed by atoms with E-state index in [0.717, 1.165) is 23.4 Å². The van der Waals surface area contributed by atoms with Gasteiger partial charge in [-0.05, 0) is 78.6 Å². The highest BCUT2D eigenvalue weighted by Crippen LogP contribution is 2.36. The summed E-state index contributed by atoms with van der Waals surface area (Å²) in [4.78, 5) is 37.1. The van der Waals surface area contributed by atoms with Gasteiger partial charge in [-0.15, -0.1) is 5.10 Å². The number of thioether (sulfide) groups is 1. The number of hydrogen-bond donors (Lipinski definition) is 1. The van der Waals surface area contributed by atoms with Crippen molar-refractivity contribution in [1.82, 2.24) is 14.8 Å². The molecule has 0 unspecified atom stereocenters. The Kier molecular flexibility index (Phi) is 9.19. The molecule has 0 spiro atoms. The van der Waals surface area contributed by atoms with E-state index < -0.39 is 26.3 Å². The van der Waals surface area contributed by atoms with E-state index in [2.05, 4.69) is 20.4 Å². The Morgan fingerprint density at radius 3 is 2.38 bits per heavy atom. The summed E-state index contributed by atoms with van der Waals surface area (Å²) in [7, 11) is -1.65. The molecule has 1 aromatic heterocycles. The summed E-state index contributed by atoms with van der Waals surface area (Å²) in [5, 5.41) is 7.40. The van der Waals surface area contributed by atoms with E-state index >= 15 is 0 Å². The number of nitrogens with zero attached hydrogens (tertiary/aromatic N) is 6. The topological polar surface area (TPSA) is 130 Å². The van der Waals surface area contributed by atoms with Crippen LogP contribution in [0.5, 0.6) is 0 Å². The molecule has 0 bridgehead atoms. The molecule has 16 heteroatoms. The van der Waals surface area contributed by atoms with Crippen molar-refractivity contribution in [2.24, 2.45) is 4.99 Å². The molecule has 246 valence electrons. The van der Waals surface area contributed by atoms with E-state index in [1.807, 2.05) is 51.0 Å². The van der Waals surface area contributed by atoms with E-state index in [9.17, 15) is 31.2 Å². The highest BCUT2D eigenvalue weighted by molar-refractivity contribution is 8.15. The van der Waals surface area contributed by atoms with E-state index in [0.29, 0.717) is 28.2 Å². The Balaban J connectivity index is 1.33. The van der Waals surface area contributed by atoms with Crippen LogP contribution in [0.2, 0.25) is 0 Å². The predicted octanol–water partition coefficient (Wildman–Crippen LogP) is 6.39. The standard InChI is InChI=1S/C31H30F3N7O4S2/c1-18(2)24-12-9-22(39(4)5)15-26(24)41-27(42)16-46-30(41)37-29(43)36-25-13-6-20(14-19(25)3)28-35-17-40(38-28)21-7-10-23(11-8-21)47(44,45)31(32,33)34/h6-15,17-18H,16H2,1-5H3,(H,36,43). The minimum atomic E-state index is -5.47. The van der Waals surface area contributed by atoms with Gasteiger partial charge in [0.1, 0.15) is 6.33 Å². The van der Waals surface area contributed by atoms with Gasteiger partial charge in [0, 0.05) is 31.0 Å². The Morgan fingerprint density at radius 2 is 1.77 bits per heavy atom. The molecular weight excluding hydrogens is 656 g/mol. The third-order valence-corrected chi connectivity index (χ3v) is 9.72. The van der Waals surface area contributed by atoms with Crippen molar-refractivity contribution < 1.29 is 31.2 Å². The summed E-state index contributed by atoms with van der Waals surface area (Å²) in [5.74, 6) is 0.393. The van der Waals surface area contributed by atoms with Gasteiger partial charge in [0.2, 0.25) is 5.91 Å². The van der Waals surface area contributed by atoms with Gasteiger partial charge in [-0.1, -0.05) is 31.7 Å². The molecule has 1 N–H and O–H groups in total. The van der Waals surface area contributed by atoms with Crippen molar-refractivity contribution in [2.75, 3.05) is 35.0 Å². The average Bonchev–Trinajstić information content (AvgIpc) is 3.64. The van der Waals surface area contributed by atoms with Gasteiger partial charge in [0.05, 0.1) is 22.0 Å². The molecule has 3 aromatic carbocycles. The molecule has 3 amide bonds. The van der Waals surface area contributed by atoms with Crippen LogP contribution in [0.1, 0.15) is 30.9 Å². The second-order valence-electron chi connectivity index (χ2n) is 11.1. The van der Waals surface area contributed by atoms with Crippen LogP contribution < -0.4 is 15.1 Å². The van der Waals surface area contributed by atoms with Gasteiger partial charge < -0.3 is 10.2 Å². The molecule has 11 nitrogen and oxygen atoms in total. The van der Waals surface area contributed by atoms with Crippen molar-refractivity contribution >= 4 is 55.8 Å². The van der Waals surface area contributed by atoms with E-state index in [-0.39, 0.29) is 28.6 Å². The molecule has 1 aliphatic rings. The third kappa shape index (κ3) is 6.88. The second kappa shape index (κ2) is 12.8. The summed E-state index contributed by atoms with van der Waals surface area (Å²) in [5.41, 5.74) is -0.832. The van der Waals surface area contributed by atoms with Crippen LogP contribution in [0.25, 0.3) is 17.1 Å². The summed E-state index contributed by atoms with van der Waals surface area (Å²) in [6, 6.07) is 14.4. The first kappa shape index (κ1) is 33.7. The Bertz CT molecular complexity index is 1990. The minimum Gasteiger partial charge on any atom is -0.378 e. The monoisotopic (exact) mass is 685 g/mol. The number of carbonyl (C=O) groups is 2. The molecule has 1 saturated heterocycles. The molecule has 0 aliphatic carbocycles. The van der Waals surface area contributed by atoms with Gasteiger partial charge in [-0.25, -0.2) is 22.9 Å². The van der Waals surface area contributed by atoms with Crippen LogP contribution in [-0.4, -0.2) is 65.6 Å². The molecule has 47 heavy (non-hydrogen) atoms. The van der Waals surface area contributed by atoms with Crippen LogP contribution in [0.4, 0.5) is 35.0 Å². The number of amides is 3. The van der Waals surface area contributed by atoms with Crippen molar-refractivity contribution in [2.45, 2.75) is 37.1 Å². The maximum Gasteiger partial charge on any atom is 0.501 e. The van der Waals surface area contributed by atoms with Crippen LogP contribution in [0.3, 0.4) is 0 Å². The number of nitrogens with one attached hydrogen (secondary N) is 1. The molecule has 0 atom stereocenters. The highest BCUT2D eigenvalue weighted by Gasteiger charge is 2.46. The predicted molar refractivity (Wildman–Crippen MR) is 176 cm³/mol. The zero-order chi connectivity index (χ0) is 34.3. The van der Waals surface area contributed by atoms with Crippen LogP contribution in [0.15, 0.2) is 76.9 Å². The Labute approximate surface area is 273 Å². The number of urea groups is 1. The first-order chi connectivity index (χ1) is 22.1. The van der Waals surface area contributed by atoms with Crippen molar-refractivity contribution in [3.05, 3.63) is 78.1 Å². The lowest BCUT2D eigenvalue weighted by atomic mass is 9.99. The van der Waals surface area contributed by atoms with Crippen LogP contribution in [0, 0.1) is 6.92 Å². The van der Waals surface area contributed by atoms with Gasteiger partial charge in [0.25, 0.3) is 9.84 Å². The molecular formula is C31H30F3N7O4S2. The number of aryl methyl sites for hydroxylation is 1. The normalized spacial score (nSPS) is 14.7. The molecule has 1 fully saturated rings. The van der Waals surface area contributed by atoms with Gasteiger partial charge in [-0.3, -0.25) is 9.69 Å². The third-order valence-electron chi connectivity index (χ3n) is 7.29. The largest absolute Gasteiger partial charge is 0.501 e. The zero-order valence-corrected chi connectivity index (χ0v) is 27.5. The fraction of sp³-hybridized carbons (Fsp3) is 0.258. The number of rotatable bonds is 7. The van der Waals surface area contributed by atoms with Gasteiger partial charge in [-0.2, -0.15) is 18.2 Å². The number of aromatic nitrogens is 3. The number of hydrogen-bond acceptors (Lipinski definition) is 8. The number of alkyl halides is 3. The lowest BCUT2D eigenvalue weighted by Crippen LogP contribution is -2.31. The first-order valence-corrected chi connectivity index (χ1v) is 16.6. The lowest BCUT2D eigenvalue weighted by Gasteiger charge is -2.24. The number of aliphatic imine (C=N–C) groups is 1. The number of sulfone groups is 1. The quantitative estimate of drug-likeness (QED) is 0.237. The molecule has 0 saturated carbocycles. The summed E-state index contributed by atoms with van der Waals surface area (Å²) >= 11 is 1.19. The molecule has 1 aliphatic heterocycles. The first-order valence-electron chi connectivity index (χ1n) is 14.2. The summed E-state index contributed by atoms with van der Waals surface area (Å²) < 4.78 is 63.2. The van der Waals surface area contributed by atoms with E-state index in [1.54, 1.807) is 25.1 Å². The fourth-order valence-electron chi connectivity index (χ4n) is 4.78. The second-order valence-corrected chi connectivity index (χ2v) is 14.0. The van der Waals surface area contributed by atoms with Crippen molar-refractivity contribution in [1.29, 1.82) is 0 Å². The number of anilines is 3. The highest BCUT2D eigenvalue weighted by atomic mass is 32.2. The summed E-state index contributed by atoms with van der Waals surface area (Å²) in [6.07, 6.45) is 1.34. The number of halogens is 3. The fourth-order valence-corrected chi connectivity index (χ4v) is 6.40. The molecule has 0 radical (unpaired) electrons. The number of amidine groups is 1. The maximum atomic E-state index is 13.1. The Morgan fingerprint density at radius 1 is 1.06 bits per heavy atom.